The van der Waals surface area contributed by atoms with E-state index < -0.39 is 29.8 Å². The van der Waals surface area contributed by atoms with Crippen LogP contribution in [0.25, 0.3) is 0 Å². The Morgan fingerprint density at radius 2 is 1.89 bits per heavy atom. The van der Waals surface area contributed by atoms with Gasteiger partial charge in [0.25, 0.3) is 0 Å². The molecule has 0 saturated heterocycles. The molecule has 0 aliphatic rings. The van der Waals surface area contributed by atoms with Crippen molar-refractivity contribution < 1.29 is 24.2 Å². The first-order valence-electron chi connectivity index (χ1n) is 6.13. The zero-order chi connectivity index (χ0) is 15.0. The number of nitrogens with one attached hydrogen (secondary N) is 1. The molecule has 0 spiro atoms. The summed E-state index contributed by atoms with van der Waals surface area (Å²) in [6.07, 6.45) is -0.0775. The molecule has 0 aromatic rings. The second-order valence-corrected chi connectivity index (χ2v) is 4.60. The van der Waals surface area contributed by atoms with Crippen LogP contribution in [0.5, 0.6) is 0 Å². The van der Waals surface area contributed by atoms with Crippen LogP contribution in [-0.4, -0.2) is 42.6 Å². The van der Waals surface area contributed by atoms with Crippen LogP contribution >= 0.6 is 0 Å². The summed E-state index contributed by atoms with van der Waals surface area (Å²) in [7, 11) is 1.22. The Kier molecular flexibility index (Phi) is 7.74. The zero-order valence-electron chi connectivity index (χ0n) is 11.5. The van der Waals surface area contributed by atoms with E-state index in [9.17, 15) is 14.4 Å². The molecule has 0 aliphatic heterocycles. The van der Waals surface area contributed by atoms with Gasteiger partial charge in [-0.1, -0.05) is 13.8 Å². The van der Waals surface area contributed by atoms with Crippen molar-refractivity contribution in [3.05, 3.63) is 0 Å². The number of carbonyl (C=O) groups excluding carboxylic acids is 2. The molecule has 0 aromatic carbocycles. The van der Waals surface area contributed by atoms with Crippen molar-refractivity contribution in [1.29, 1.82) is 0 Å². The average molecular weight is 274 g/mol. The molecular formula is C12H22N2O5. The quantitative estimate of drug-likeness (QED) is 0.525. The largest absolute Gasteiger partial charge is 0.480 e. The third-order valence-corrected chi connectivity index (χ3v) is 2.87. The molecule has 0 bridgehead atoms. The van der Waals surface area contributed by atoms with E-state index in [2.05, 4.69) is 10.1 Å². The Balaban J connectivity index is 4.53. The molecule has 0 fully saturated rings. The summed E-state index contributed by atoms with van der Waals surface area (Å²) in [4.78, 5) is 33.9. The normalized spacial score (nSPS) is 13.7. The molecule has 7 nitrogen and oxygen atoms in total. The van der Waals surface area contributed by atoms with Crippen LogP contribution in [0.15, 0.2) is 0 Å². The lowest BCUT2D eigenvalue weighted by Gasteiger charge is -2.21. The van der Waals surface area contributed by atoms with Crippen molar-refractivity contribution >= 4 is 17.8 Å². The molecule has 19 heavy (non-hydrogen) atoms. The van der Waals surface area contributed by atoms with Crippen molar-refractivity contribution in [1.82, 2.24) is 5.32 Å². The summed E-state index contributed by atoms with van der Waals surface area (Å²) in [5.74, 6) is -2.54. The first kappa shape index (κ1) is 17.4. The van der Waals surface area contributed by atoms with Crippen LogP contribution < -0.4 is 11.1 Å². The number of carbonyl (C=O) groups is 3. The maximum Gasteiger partial charge on any atom is 0.326 e. The molecule has 0 heterocycles. The number of carboxylic acid groups (broad SMARTS) is 1. The number of aliphatic carboxylic acids is 1. The van der Waals surface area contributed by atoms with Crippen molar-refractivity contribution in [2.45, 2.75) is 32.7 Å². The number of ether oxygens (including phenoxy) is 1. The summed E-state index contributed by atoms with van der Waals surface area (Å²) in [5.41, 5.74) is 5.49. The van der Waals surface area contributed by atoms with E-state index in [0.717, 1.165) is 0 Å². The Morgan fingerprint density at radius 3 is 2.26 bits per heavy atom. The van der Waals surface area contributed by atoms with Crippen LogP contribution in [-0.2, 0) is 19.1 Å². The van der Waals surface area contributed by atoms with Gasteiger partial charge in [-0.25, -0.2) is 4.79 Å². The van der Waals surface area contributed by atoms with Gasteiger partial charge in [0.2, 0.25) is 5.91 Å². The summed E-state index contributed by atoms with van der Waals surface area (Å²) >= 11 is 0. The fourth-order valence-electron chi connectivity index (χ4n) is 1.58. The van der Waals surface area contributed by atoms with E-state index >= 15 is 0 Å². The Morgan fingerprint density at radius 1 is 1.32 bits per heavy atom. The van der Waals surface area contributed by atoms with Crippen molar-refractivity contribution in [2.75, 3.05) is 13.7 Å². The molecule has 0 saturated carbocycles. The number of methoxy groups -OCH3 is 1. The molecule has 0 aliphatic carbocycles. The number of rotatable bonds is 8. The van der Waals surface area contributed by atoms with Gasteiger partial charge in [-0.2, -0.15) is 0 Å². The number of hydrogen-bond donors (Lipinski definition) is 3. The van der Waals surface area contributed by atoms with Crippen LogP contribution in [0, 0.1) is 11.8 Å². The topological polar surface area (TPSA) is 119 Å². The minimum absolute atomic E-state index is 0.0108. The lowest BCUT2D eigenvalue weighted by atomic mass is 9.94. The van der Waals surface area contributed by atoms with E-state index in [4.69, 9.17) is 10.8 Å². The fraction of sp³-hybridized carbons (Fsp3) is 0.750. The monoisotopic (exact) mass is 274 g/mol. The van der Waals surface area contributed by atoms with Gasteiger partial charge >= 0.3 is 11.9 Å². The van der Waals surface area contributed by atoms with Crippen LogP contribution in [0.1, 0.15) is 26.7 Å². The predicted molar refractivity (Wildman–Crippen MR) is 68.2 cm³/mol. The maximum atomic E-state index is 11.9. The van der Waals surface area contributed by atoms with Crippen LogP contribution in [0.2, 0.25) is 0 Å². The van der Waals surface area contributed by atoms with E-state index in [-0.39, 0.29) is 25.3 Å². The Bertz CT molecular complexity index is 330. The third kappa shape index (κ3) is 6.19. The molecule has 110 valence electrons. The first-order chi connectivity index (χ1) is 8.83. The lowest BCUT2D eigenvalue weighted by molar-refractivity contribution is -0.144. The SMILES string of the molecule is COC(=O)CC[C@@H](NC(=O)C(CN)C(C)C)C(=O)O. The molecule has 0 rings (SSSR count). The molecule has 2 atom stereocenters. The van der Waals surface area contributed by atoms with Crippen LogP contribution in [0.4, 0.5) is 0 Å². The number of amides is 1. The fourth-order valence-corrected chi connectivity index (χ4v) is 1.58. The van der Waals surface area contributed by atoms with Crippen molar-refractivity contribution in [3.8, 4) is 0 Å². The molecule has 1 amide bonds. The van der Waals surface area contributed by atoms with E-state index in [0.29, 0.717) is 0 Å². The average Bonchev–Trinajstić information content (AvgIpc) is 2.33. The lowest BCUT2D eigenvalue weighted by Crippen LogP contribution is -2.46. The standard InChI is InChI=1S/C12H22N2O5/c1-7(2)8(6-13)11(16)14-9(12(17)18)4-5-10(15)19-3/h7-9H,4-6,13H2,1-3H3,(H,14,16)(H,17,18)/t8?,9-/m1/s1. The van der Waals surface area contributed by atoms with Gasteiger partial charge in [0.1, 0.15) is 6.04 Å². The Hall–Kier alpha value is -1.63. The van der Waals surface area contributed by atoms with Gasteiger partial charge in [-0.05, 0) is 12.3 Å². The molecule has 7 heteroatoms. The summed E-state index contributed by atoms with van der Waals surface area (Å²) in [6.45, 7) is 3.81. The van der Waals surface area contributed by atoms with E-state index in [1.54, 1.807) is 0 Å². The smallest absolute Gasteiger partial charge is 0.326 e. The number of carboxylic acids is 1. The minimum atomic E-state index is -1.18. The summed E-state index contributed by atoms with van der Waals surface area (Å²) in [6, 6.07) is -1.11. The maximum absolute atomic E-state index is 11.9. The van der Waals surface area contributed by atoms with Gasteiger partial charge in [0, 0.05) is 13.0 Å². The molecule has 0 radical (unpaired) electrons. The molecule has 4 N–H and O–H groups in total. The van der Waals surface area contributed by atoms with Gasteiger partial charge in [-0.3, -0.25) is 9.59 Å². The first-order valence-corrected chi connectivity index (χ1v) is 6.13. The highest BCUT2D eigenvalue weighted by molar-refractivity contribution is 5.85. The number of esters is 1. The molecule has 1 unspecified atom stereocenters. The van der Waals surface area contributed by atoms with E-state index in [1.807, 2.05) is 13.8 Å². The highest BCUT2D eigenvalue weighted by Crippen LogP contribution is 2.10. The molecule has 0 aromatic heterocycles. The predicted octanol–water partition coefficient (Wildman–Crippen LogP) is -0.260. The summed E-state index contributed by atoms with van der Waals surface area (Å²) in [5, 5.41) is 11.4. The highest BCUT2D eigenvalue weighted by Gasteiger charge is 2.26. The highest BCUT2D eigenvalue weighted by atomic mass is 16.5. The van der Waals surface area contributed by atoms with Crippen molar-refractivity contribution in [2.24, 2.45) is 17.6 Å². The second kappa shape index (κ2) is 8.47. The summed E-state index contributed by atoms with van der Waals surface area (Å²) < 4.78 is 4.43. The Labute approximate surface area is 112 Å². The van der Waals surface area contributed by atoms with Crippen LogP contribution in [0.3, 0.4) is 0 Å². The van der Waals surface area contributed by atoms with Gasteiger partial charge in [0.15, 0.2) is 0 Å². The zero-order valence-corrected chi connectivity index (χ0v) is 11.5. The van der Waals surface area contributed by atoms with Gasteiger partial charge in [-0.15, -0.1) is 0 Å². The number of hydrogen-bond acceptors (Lipinski definition) is 5. The number of nitrogens with two attached hydrogens (primary N) is 1. The van der Waals surface area contributed by atoms with E-state index in [1.165, 1.54) is 7.11 Å². The third-order valence-electron chi connectivity index (χ3n) is 2.87. The van der Waals surface area contributed by atoms with Gasteiger partial charge in [0.05, 0.1) is 13.0 Å². The second-order valence-electron chi connectivity index (χ2n) is 4.60. The molecular weight excluding hydrogens is 252 g/mol. The minimum Gasteiger partial charge on any atom is -0.480 e. The van der Waals surface area contributed by atoms with Crippen molar-refractivity contribution in [3.63, 3.8) is 0 Å². The van der Waals surface area contributed by atoms with Gasteiger partial charge < -0.3 is 20.9 Å².